The number of rotatable bonds is 5. The molecule has 9 nitrogen and oxygen atoms in total. The second-order valence-electron chi connectivity index (χ2n) is 6.75. The van der Waals surface area contributed by atoms with E-state index in [9.17, 15) is 17.6 Å². The first-order valence-electron chi connectivity index (χ1n) is 8.83. The van der Waals surface area contributed by atoms with E-state index in [0.29, 0.717) is 28.9 Å². The lowest BCUT2D eigenvalue weighted by Crippen LogP contribution is -2.38. The van der Waals surface area contributed by atoms with Gasteiger partial charge < -0.3 is 14.6 Å². The normalized spacial score (nSPS) is 18.1. The Morgan fingerprint density at radius 1 is 1.31 bits per heavy atom. The number of carbonyl (C=O) groups excluding carboxylic acids is 1. The molecule has 1 unspecified atom stereocenters. The maximum Gasteiger partial charge on any atom is 0.265 e. The van der Waals surface area contributed by atoms with Gasteiger partial charge in [-0.3, -0.25) is 4.79 Å². The number of benzene rings is 1. The second kappa shape index (κ2) is 7.39. The van der Waals surface area contributed by atoms with E-state index in [1.54, 1.807) is 6.92 Å². The smallest absolute Gasteiger partial charge is 0.265 e. The minimum Gasteiger partial charge on any atom is -0.467 e. The van der Waals surface area contributed by atoms with Gasteiger partial charge in [0, 0.05) is 11.6 Å². The molecule has 0 aliphatic carbocycles. The highest BCUT2D eigenvalue weighted by Gasteiger charge is 2.29. The number of nitrogens with zero attached hydrogens (tertiary/aromatic N) is 3. The number of hydrogen-bond donors (Lipinski definition) is 1. The fraction of sp³-hybridized carbons (Fsp3) is 0.333. The molecule has 1 amide bonds. The molecule has 1 aliphatic rings. The third-order valence-corrected chi connectivity index (χ3v) is 6.24. The summed E-state index contributed by atoms with van der Waals surface area (Å²) in [5.41, 5.74) is 1.11. The first-order valence-corrected chi connectivity index (χ1v) is 10.7. The minimum atomic E-state index is -3.10. The fourth-order valence-electron chi connectivity index (χ4n) is 3.15. The summed E-state index contributed by atoms with van der Waals surface area (Å²) in [5.74, 6) is -0.409. The zero-order chi connectivity index (χ0) is 20.6. The highest BCUT2D eigenvalue weighted by molar-refractivity contribution is 7.91. The summed E-state index contributed by atoms with van der Waals surface area (Å²) in [4.78, 5) is 20.6. The number of amides is 1. The molecule has 3 heterocycles. The molecule has 152 valence electrons. The van der Waals surface area contributed by atoms with Crippen LogP contribution in [-0.4, -0.2) is 53.6 Å². The first kappa shape index (κ1) is 19.2. The van der Waals surface area contributed by atoms with Crippen molar-refractivity contribution in [3.8, 4) is 17.1 Å². The van der Waals surface area contributed by atoms with Gasteiger partial charge in [0.1, 0.15) is 22.7 Å². The molecule has 0 saturated carbocycles. The van der Waals surface area contributed by atoms with Gasteiger partial charge in [-0.15, -0.1) is 0 Å². The SMILES string of the molecule is Cc1nc(OCC(=O)NC2CCS(=O)(=O)C2)c2c(-c3ccc(F)cc3)noc2n1. The lowest BCUT2D eigenvalue weighted by molar-refractivity contribution is -0.123. The van der Waals surface area contributed by atoms with Crippen LogP contribution in [0, 0.1) is 12.7 Å². The Kier molecular flexibility index (Phi) is 4.91. The number of hydrogen-bond acceptors (Lipinski definition) is 8. The highest BCUT2D eigenvalue weighted by atomic mass is 32.2. The molecule has 3 aromatic rings. The molecule has 29 heavy (non-hydrogen) atoms. The van der Waals surface area contributed by atoms with E-state index in [2.05, 4.69) is 20.4 Å². The van der Waals surface area contributed by atoms with Gasteiger partial charge in [0.25, 0.3) is 11.6 Å². The lowest BCUT2D eigenvalue weighted by atomic mass is 10.1. The maximum atomic E-state index is 13.2. The molecule has 1 N–H and O–H groups in total. The van der Waals surface area contributed by atoms with E-state index in [0.717, 1.165) is 0 Å². The van der Waals surface area contributed by atoms with Crippen molar-refractivity contribution in [3.05, 3.63) is 35.9 Å². The number of fused-ring (bicyclic) bond motifs is 1. The van der Waals surface area contributed by atoms with Crippen molar-refractivity contribution in [1.82, 2.24) is 20.4 Å². The van der Waals surface area contributed by atoms with Gasteiger partial charge in [0.2, 0.25) is 5.88 Å². The number of halogens is 1. The summed E-state index contributed by atoms with van der Waals surface area (Å²) in [5, 5.41) is 6.98. The third-order valence-electron chi connectivity index (χ3n) is 4.47. The van der Waals surface area contributed by atoms with Crippen molar-refractivity contribution in [1.29, 1.82) is 0 Å². The predicted octanol–water partition coefficient (Wildman–Crippen LogP) is 1.41. The lowest BCUT2D eigenvalue weighted by Gasteiger charge is -2.12. The summed E-state index contributed by atoms with van der Waals surface area (Å²) in [7, 11) is -3.10. The van der Waals surface area contributed by atoms with Crippen molar-refractivity contribution in [2.24, 2.45) is 0 Å². The van der Waals surface area contributed by atoms with E-state index >= 15 is 0 Å². The molecule has 1 aromatic carbocycles. The Bertz CT molecular complexity index is 1180. The summed E-state index contributed by atoms with van der Waals surface area (Å²) in [6.07, 6.45) is 0.380. The van der Waals surface area contributed by atoms with Crippen LogP contribution in [0.2, 0.25) is 0 Å². The first-order chi connectivity index (χ1) is 13.8. The molecule has 0 radical (unpaired) electrons. The Morgan fingerprint density at radius 2 is 2.07 bits per heavy atom. The third kappa shape index (κ3) is 4.19. The Hall–Kier alpha value is -3.08. The van der Waals surface area contributed by atoms with Crippen LogP contribution >= 0.6 is 0 Å². The Balaban J connectivity index is 1.56. The summed E-state index contributed by atoms with van der Waals surface area (Å²) >= 11 is 0. The molecule has 11 heteroatoms. The molecular weight excluding hydrogens is 403 g/mol. The Morgan fingerprint density at radius 3 is 2.76 bits per heavy atom. The average molecular weight is 420 g/mol. The molecule has 1 saturated heterocycles. The molecule has 0 bridgehead atoms. The number of nitrogens with one attached hydrogen (secondary N) is 1. The summed E-state index contributed by atoms with van der Waals surface area (Å²) < 4.78 is 47.1. The maximum absolute atomic E-state index is 13.2. The van der Waals surface area contributed by atoms with Crippen LogP contribution < -0.4 is 10.1 Å². The van der Waals surface area contributed by atoms with Crippen LogP contribution in [0.4, 0.5) is 4.39 Å². The van der Waals surface area contributed by atoms with Gasteiger partial charge in [-0.25, -0.2) is 12.8 Å². The molecule has 4 rings (SSSR count). The van der Waals surface area contributed by atoms with Gasteiger partial charge in [-0.2, -0.15) is 9.97 Å². The van der Waals surface area contributed by atoms with Crippen LogP contribution in [0.15, 0.2) is 28.8 Å². The second-order valence-corrected chi connectivity index (χ2v) is 8.98. The minimum absolute atomic E-state index is 0.0618. The monoisotopic (exact) mass is 420 g/mol. The fourth-order valence-corrected chi connectivity index (χ4v) is 4.82. The largest absolute Gasteiger partial charge is 0.467 e. The Labute approximate surface area is 165 Å². The summed E-state index contributed by atoms with van der Waals surface area (Å²) in [6, 6.07) is 5.21. The van der Waals surface area contributed by atoms with Crippen LogP contribution in [0.1, 0.15) is 12.2 Å². The predicted molar refractivity (Wildman–Crippen MR) is 100 cm³/mol. The van der Waals surface area contributed by atoms with Crippen molar-refractivity contribution in [2.45, 2.75) is 19.4 Å². The van der Waals surface area contributed by atoms with Crippen molar-refractivity contribution in [2.75, 3.05) is 18.1 Å². The molecule has 1 aliphatic heterocycles. The van der Waals surface area contributed by atoms with E-state index in [4.69, 9.17) is 9.26 Å². The van der Waals surface area contributed by atoms with Crippen LogP contribution in [-0.2, 0) is 14.6 Å². The van der Waals surface area contributed by atoms with Gasteiger partial charge in [0.15, 0.2) is 16.4 Å². The average Bonchev–Trinajstić information content (AvgIpc) is 3.23. The summed E-state index contributed by atoms with van der Waals surface area (Å²) in [6.45, 7) is 1.27. The molecule has 1 atom stereocenters. The molecular formula is C18H17FN4O5S. The van der Waals surface area contributed by atoms with Gasteiger partial charge >= 0.3 is 0 Å². The van der Waals surface area contributed by atoms with Crippen molar-refractivity contribution >= 4 is 26.8 Å². The molecule has 2 aromatic heterocycles. The van der Waals surface area contributed by atoms with E-state index in [1.165, 1.54) is 24.3 Å². The quantitative estimate of drug-likeness (QED) is 0.657. The van der Waals surface area contributed by atoms with Crippen molar-refractivity contribution < 1.29 is 26.9 Å². The van der Waals surface area contributed by atoms with Gasteiger partial charge in [0.05, 0.1) is 11.5 Å². The highest BCUT2D eigenvalue weighted by Crippen LogP contribution is 2.33. The number of sulfone groups is 1. The van der Waals surface area contributed by atoms with Crippen LogP contribution in [0.3, 0.4) is 0 Å². The van der Waals surface area contributed by atoms with Gasteiger partial charge in [-0.1, -0.05) is 5.16 Å². The molecule has 0 spiro atoms. The number of carbonyl (C=O) groups is 1. The number of ether oxygens (including phenoxy) is 1. The molecule has 1 fully saturated rings. The van der Waals surface area contributed by atoms with E-state index in [-0.39, 0.29) is 29.7 Å². The standard InChI is InChI=1S/C18H17FN4O5S/c1-10-20-17(27-8-14(24)22-13-6-7-29(25,26)9-13)15-16(23-28-18(15)21-10)11-2-4-12(19)5-3-11/h2-5,13H,6-9H2,1H3,(H,22,24). The van der Waals surface area contributed by atoms with Crippen molar-refractivity contribution in [3.63, 3.8) is 0 Å². The van der Waals surface area contributed by atoms with Crippen LogP contribution in [0.25, 0.3) is 22.4 Å². The zero-order valence-corrected chi connectivity index (χ0v) is 16.2. The topological polar surface area (TPSA) is 124 Å². The van der Waals surface area contributed by atoms with Gasteiger partial charge in [-0.05, 0) is 37.6 Å². The number of aryl methyl sites for hydroxylation is 1. The number of aromatic nitrogens is 3. The zero-order valence-electron chi connectivity index (χ0n) is 15.4. The van der Waals surface area contributed by atoms with E-state index in [1.807, 2.05) is 0 Å². The van der Waals surface area contributed by atoms with Crippen LogP contribution in [0.5, 0.6) is 5.88 Å². The van der Waals surface area contributed by atoms with E-state index < -0.39 is 27.6 Å².